The van der Waals surface area contributed by atoms with E-state index in [0.717, 1.165) is 30.4 Å². The summed E-state index contributed by atoms with van der Waals surface area (Å²) in [5.41, 5.74) is 5.79. The SMILES string of the molecule is CCc1cc(C2CCCC2)cc(CC)c1NC(=S)NCC(C)(C)C. The fourth-order valence-corrected chi connectivity index (χ4v) is 3.69. The van der Waals surface area contributed by atoms with Crippen LogP contribution in [0.25, 0.3) is 0 Å². The van der Waals surface area contributed by atoms with E-state index in [1.54, 1.807) is 5.56 Å². The molecule has 2 N–H and O–H groups in total. The zero-order valence-corrected chi connectivity index (χ0v) is 16.9. The molecule has 1 aromatic carbocycles. The van der Waals surface area contributed by atoms with Gasteiger partial charge in [-0.3, -0.25) is 0 Å². The van der Waals surface area contributed by atoms with Crippen LogP contribution >= 0.6 is 12.2 Å². The van der Waals surface area contributed by atoms with Crippen molar-refractivity contribution in [2.45, 2.75) is 79.1 Å². The van der Waals surface area contributed by atoms with Gasteiger partial charge in [-0.2, -0.15) is 0 Å². The molecule has 3 heteroatoms. The summed E-state index contributed by atoms with van der Waals surface area (Å²) in [5, 5.41) is 7.59. The molecule has 0 amide bonds. The first-order chi connectivity index (χ1) is 11.3. The van der Waals surface area contributed by atoms with Crippen LogP contribution in [-0.4, -0.2) is 11.7 Å². The Bertz CT molecular complexity index is 541. The minimum atomic E-state index is 0.221. The van der Waals surface area contributed by atoms with Gasteiger partial charge in [-0.1, -0.05) is 59.6 Å². The summed E-state index contributed by atoms with van der Waals surface area (Å²) in [6, 6.07) is 4.84. The van der Waals surface area contributed by atoms with Crippen molar-refractivity contribution in [2.24, 2.45) is 5.41 Å². The van der Waals surface area contributed by atoms with Gasteiger partial charge in [0.05, 0.1) is 0 Å². The summed E-state index contributed by atoms with van der Waals surface area (Å²) in [7, 11) is 0. The van der Waals surface area contributed by atoms with Crippen LogP contribution in [0.4, 0.5) is 5.69 Å². The normalized spacial score (nSPS) is 15.5. The topological polar surface area (TPSA) is 24.1 Å². The molecular weight excluding hydrogens is 312 g/mol. The molecule has 134 valence electrons. The first kappa shape index (κ1) is 19.2. The van der Waals surface area contributed by atoms with E-state index in [4.69, 9.17) is 12.2 Å². The highest BCUT2D eigenvalue weighted by molar-refractivity contribution is 7.80. The summed E-state index contributed by atoms with van der Waals surface area (Å²) in [6.45, 7) is 12.0. The van der Waals surface area contributed by atoms with Gasteiger partial charge in [0.2, 0.25) is 0 Å². The Labute approximate surface area is 153 Å². The lowest BCUT2D eigenvalue weighted by atomic mass is 9.91. The molecule has 0 radical (unpaired) electrons. The van der Waals surface area contributed by atoms with Gasteiger partial charge in [-0.25, -0.2) is 0 Å². The third-order valence-electron chi connectivity index (χ3n) is 4.93. The lowest BCUT2D eigenvalue weighted by Gasteiger charge is -2.23. The van der Waals surface area contributed by atoms with Crippen LogP contribution in [0.2, 0.25) is 0 Å². The minimum Gasteiger partial charge on any atom is -0.362 e. The maximum absolute atomic E-state index is 5.54. The molecule has 0 atom stereocenters. The summed E-state index contributed by atoms with van der Waals surface area (Å²) >= 11 is 5.54. The number of nitrogens with one attached hydrogen (secondary N) is 2. The number of anilines is 1. The largest absolute Gasteiger partial charge is 0.362 e. The second kappa shape index (κ2) is 8.33. The van der Waals surface area contributed by atoms with Gasteiger partial charge in [0.15, 0.2) is 5.11 Å². The van der Waals surface area contributed by atoms with Gasteiger partial charge >= 0.3 is 0 Å². The quantitative estimate of drug-likeness (QED) is 0.659. The van der Waals surface area contributed by atoms with Crippen molar-refractivity contribution in [1.29, 1.82) is 0 Å². The van der Waals surface area contributed by atoms with Gasteiger partial charge in [-0.15, -0.1) is 0 Å². The molecule has 0 spiro atoms. The number of benzene rings is 1. The van der Waals surface area contributed by atoms with E-state index in [1.807, 2.05) is 0 Å². The maximum atomic E-state index is 5.54. The lowest BCUT2D eigenvalue weighted by Crippen LogP contribution is -2.35. The first-order valence-electron chi connectivity index (χ1n) is 9.54. The van der Waals surface area contributed by atoms with Gasteiger partial charge in [-0.05, 0) is 65.9 Å². The van der Waals surface area contributed by atoms with Gasteiger partial charge < -0.3 is 10.6 Å². The Kier molecular flexibility index (Phi) is 6.68. The van der Waals surface area contributed by atoms with E-state index in [9.17, 15) is 0 Å². The number of thiocarbonyl (C=S) groups is 1. The second-order valence-electron chi connectivity index (χ2n) is 8.27. The summed E-state index contributed by atoms with van der Waals surface area (Å²) in [4.78, 5) is 0. The molecule has 0 aromatic heterocycles. The fraction of sp³-hybridized carbons (Fsp3) is 0.667. The van der Waals surface area contributed by atoms with Crippen LogP contribution in [0.15, 0.2) is 12.1 Å². The average molecular weight is 347 g/mol. The molecule has 0 bridgehead atoms. The van der Waals surface area contributed by atoms with Gasteiger partial charge in [0.25, 0.3) is 0 Å². The van der Waals surface area contributed by atoms with Crippen molar-refractivity contribution >= 4 is 23.0 Å². The Morgan fingerprint density at radius 3 is 2.08 bits per heavy atom. The van der Waals surface area contributed by atoms with Crippen molar-refractivity contribution in [3.05, 3.63) is 28.8 Å². The molecule has 1 saturated carbocycles. The Balaban J connectivity index is 2.20. The Morgan fingerprint density at radius 2 is 1.62 bits per heavy atom. The summed E-state index contributed by atoms with van der Waals surface area (Å²) in [6.07, 6.45) is 7.55. The summed E-state index contributed by atoms with van der Waals surface area (Å²) < 4.78 is 0. The minimum absolute atomic E-state index is 0.221. The van der Waals surface area contributed by atoms with Crippen LogP contribution < -0.4 is 10.6 Å². The first-order valence-corrected chi connectivity index (χ1v) is 9.95. The Hall–Kier alpha value is -1.09. The molecular formula is C21H34N2S. The molecule has 0 unspecified atom stereocenters. The van der Waals surface area contributed by atoms with E-state index in [-0.39, 0.29) is 5.41 Å². The van der Waals surface area contributed by atoms with Crippen molar-refractivity contribution in [2.75, 3.05) is 11.9 Å². The number of rotatable bonds is 5. The van der Waals surface area contributed by atoms with Gasteiger partial charge in [0, 0.05) is 12.2 Å². The van der Waals surface area contributed by atoms with Gasteiger partial charge in [0.1, 0.15) is 0 Å². The zero-order chi connectivity index (χ0) is 17.7. The number of hydrogen-bond donors (Lipinski definition) is 2. The molecule has 0 aliphatic heterocycles. The molecule has 2 nitrogen and oxygen atoms in total. The predicted molar refractivity (Wildman–Crippen MR) is 110 cm³/mol. The third-order valence-corrected chi connectivity index (χ3v) is 5.18. The van der Waals surface area contributed by atoms with E-state index in [1.165, 1.54) is 42.5 Å². The standard InChI is InChI=1S/C21H34N2S/c1-6-15-12-18(17-10-8-9-11-17)13-16(7-2)19(15)23-20(24)22-14-21(3,4)5/h12-13,17H,6-11,14H2,1-5H3,(H2,22,23,24). The second-order valence-corrected chi connectivity index (χ2v) is 8.68. The van der Waals surface area contributed by atoms with Crippen LogP contribution in [0.5, 0.6) is 0 Å². The fourth-order valence-electron chi connectivity index (χ4n) is 3.51. The van der Waals surface area contributed by atoms with E-state index in [0.29, 0.717) is 0 Å². The van der Waals surface area contributed by atoms with Crippen molar-refractivity contribution < 1.29 is 0 Å². The van der Waals surface area contributed by atoms with Crippen LogP contribution in [0, 0.1) is 5.41 Å². The molecule has 24 heavy (non-hydrogen) atoms. The average Bonchev–Trinajstić information content (AvgIpc) is 3.06. The van der Waals surface area contributed by atoms with Crippen LogP contribution in [-0.2, 0) is 12.8 Å². The van der Waals surface area contributed by atoms with Crippen molar-refractivity contribution in [3.8, 4) is 0 Å². The van der Waals surface area contributed by atoms with Crippen LogP contribution in [0.3, 0.4) is 0 Å². The Morgan fingerprint density at radius 1 is 1.08 bits per heavy atom. The predicted octanol–water partition coefficient (Wildman–Crippen LogP) is 5.80. The highest BCUT2D eigenvalue weighted by atomic mass is 32.1. The monoisotopic (exact) mass is 346 g/mol. The van der Waals surface area contributed by atoms with Crippen LogP contribution in [0.1, 0.15) is 82.9 Å². The molecule has 0 saturated heterocycles. The summed E-state index contributed by atoms with van der Waals surface area (Å²) in [5.74, 6) is 0.764. The number of hydrogen-bond acceptors (Lipinski definition) is 1. The molecule has 1 fully saturated rings. The molecule has 0 heterocycles. The zero-order valence-electron chi connectivity index (χ0n) is 16.1. The smallest absolute Gasteiger partial charge is 0.170 e. The van der Waals surface area contributed by atoms with E-state index >= 15 is 0 Å². The van der Waals surface area contributed by atoms with Crippen molar-refractivity contribution in [1.82, 2.24) is 5.32 Å². The third kappa shape index (κ3) is 5.20. The highest BCUT2D eigenvalue weighted by Crippen LogP contribution is 2.37. The molecule has 1 aliphatic rings. The molecule has 1 aliphatic carbocycles. The number of aryl methyl sites for hydroxylation is 2. The van der Waals surface area contributed by atoms with Crippen molar-refractivity contribution in [3.63, 3.8) is 0 Å². The molecule has 2 rings (SSSR count). The maximum Gasteiger partial charge on any atom is 0.170 e. The van der Waals surface area contributed by atoms with E-state index < -0.39 is 0 Å². The highest BCUT2D eigenvalue weighted by Gasteiger charge is 2.20. The lowest BCUT2D eigenvalue weighted by molar-refractivity contribution is 0.409. The van der Waals surface area contributed by atoms with E-state index in [2.05, 4.69) is 57.4 Å². The molecule has 1 aromatic rings.